The molecule has 0 radical (unpaired) electrons. The van der Waals surface area contributed by atoms with Crippen LogP contribution in [0, 0.1) is 6.92 Å². The molecule has 1 amide bonds. The molecule has 0 spiro atoms. The van der Waals surface area contributed by atoms with E-state index in [4.69, 9.17) is 9.47 Å². The van der Waals surface area contributed by atoms with Crippen molar-refractivity contribution in [1.82, 2.24) is 25.5 Å². The minimum atomic E-state index is -0.371. The molecule has 0 bridgehead atoms. The van der Waals surface area contributed by atoms with E-state index in [9.17, 15) is 4.79 Å². The summed E-state index contributed by atoms with van der Waals surface area (Å²) in [4.78, 5) is 12.6. The highest BCUT2D eigenvalue weighted by Crippen LogP contribution is 2.28. The van der Waals surface area contributed by atoms with Crippen molar-refractivity contribution in [2.75, 3.05) is 14.2 Å². The number of aromatic nitrogens is 4. The van der Waals surface area contributed by atoms with E-state index in [0.29, 0.717) is 23.2 Å². The molecule has 1 aromatic heterocycles. The Morgan fingerprint density at radius 2 is 1.93 bits per heavy atom. The Hall–Kier alpha value is -3.07. The number of methoxy groups -OCH3 is 2. The van der Waals surface area contributed by atoms with Crippen LogP contribution in [-0.4, -0.2) is 45.6 Å². The molecule has 0 aliphatic heterocycles. The van der Waals surface area contributed by atoms with Gasteiger partial charge in [0.25, 0.3) is 0 Å². The fourth-order valence-corrected chi connectivity index (χ4v) is 3.56. The molecule has 1 atom stereocenters. The van der Waals surface area contributed by atoms with Crippen molar-refractivity contribution in [2.24, 2.45) is 0 Å². The highest BCUT2D eigenvalue weighted by atomic mass is 32.2. The van der Waals surface area contributed by atoms with Crippen LogP contribution in [0.5, 0.6) is 11.5 Å². The van der Waals surface area contributed by atoms with Crippen LogP contribution >= 0.6 is 11.8 Å². The van der Waals surface area contributed by atoms with Crippen molar-refractivity contribution in [3.63, 3.8) is 0 Å². The van der Waals surface area contributed by atoms with Gasteiger partial charge in [-0.2, -0.15) is 4.68 Å². The molecular formula is C20H23N5O3S. The fraction of sp³-hybridized carbons (Fsp3) is 0.300. The Kier molecular flexibility index (Phi) is 6.71. The second-order valence-electron chi connectivity index (χ2n) is 6.33. The monoisotopic (exact) mass is 413 g/mol. The number of carbonyl (C=O) groups excluding carboxylic acids is 1. The number of benzene rings is 2. The summed E-state index contributed by atoms with van der Waals surface area (Å²) in [5, 5.41) is 15.0. The van der Waals surface area contributed by atoms with E-state index in [1.54, 1.807) is 18.9 Å². The van der Waals surface area contributed by atoms with E-state index in [-0.39, 0.29) is 11.2 Å². The van der Waals surface area contributed by atoms with Gasteiger partial charge in [-0.25, -0.2) is 0 Å². The van der Waals surface area contributed by atoms with E-state index in [1.165, 1.54) is 11.8 Å². The van der Waals surface area contributed by atoms with E-state index >= 15 is 0 Å². The first-order chi connectivity index (χ1) is 14.0. The van der Waals surface area contributed by atoms with Gasteiger partial charge in [-0.15, -0.1) is 5.10 Å². The maximum Gasteiger partial charge on any atom is 0.233 e. The number of rotatable bonds is 8. The Morgan fingerprint density at radius 3 is 2.66 bits per heavy atom. The van der Waals surface area contributed by atoms with Gasteiger partial charge in [0.15, 0.2) is 11.5 Å². The summed E-state index contributed by atoms with van der Waals surface area (Å²) in [5.74, 6) is 1.16. The lowest BCUT2D eigenvalue weighted by atomic mass is 10.2. The molecule has 1 N–H and O–H groups in total. The largest absolute Gasteiger partial charge is 0.493 e. The molecule has 8 nitrogen and oxygen atoms in total. The number of amides is 1. The van der Waals surface area contributed by atoms with Gasteiger partial charge in [0.2, 0.25) is 11.1 Å². The number of carbonyl (C=O) groups is 1. The van der Waals surface area contributed by atoms with E-state index in [0.717, 1.165) is 16.8 Å². The number of thioether (sulfide) groups is 1. The predicted molar refractivity (Wildman–Crippen MR) is 111 cm³/mol. The first-order valence-corrected chi connectivity index (χ1v) is 9.91. The second kappa shape index (κ2) is 9.42. The summed E-state index contributed by atoms with van der Waals surface area (Å²) in [7, 11) is 3.17. The number of para-hydroxylation sites is 1. The molecule has 29 heavy (non-hydrogen) atoms. The fourth-order valence-electron chi connectivity index (χ4n) is 2.74. The van der Waals surface area contributed by atoms with Crippen LogP contribution in [0.15, 0.2) is 47.6 Å². The standard InChI is InChI=1S/C20H23N5O3S/c1-13-7-5-6-8-16(13)25-20(22-23-24-25)29-14(2)19(26)21-12-15-9-10-17(27-3)18(11-15)28-4/h5-11,14H,12H2,1-4H3,(H,21,26)/t14-/m1/s1. The van der Waals surface area contributed by atoms with Crippen LogP contribution in [0.4, 0.5) is 0 Å². The minimum absolute atomic E-state index is 0.107. The molecule has 0 aliphatic carbocycles. The molecule has 0 saturated carbocycles. The molecule has 0 saturated heterocycles. The summed E-state index contributed by atoms with van der Waals surface area (Å²) in [5.41, 5.74) is 2.85. The summed E-state index contributed by atoms with van der Waals surface area (Å²) < 4.78 is 12.2. The topological polar surface area (TPSA) is 91.2 Å². The lowest BCUT2D eigenvalue weighted by Crippen LogP contribution is -2.30. The summed E-state index contributed by atoms with van der Waals surface area (Å²) in [6, 6.07) is 13.4. The van der Waals surface area contributed by atoms with Crippen LogP contribution in [0.3, 0.4) is 0 Å². The van der Waals surface area contributed by atoms with E-state index < -0.39 is 0 Å². The summed E-state index contributed by atoms with van der Waals surface area (Å²) >= 11 is 1.31. The lowest BCUT2D eigenvalue weighted by molar-refractivity contribution is -0.120. The second-order valence-corrected chi connectivity index (χ2v) is 7.63. The maximum absolute atomic E-state index is 12.6. The average molecular weight is 414 g/mol. The van der Waals surface area contributed by atoms with Gasteiger partial charge in [-0.05, 0) is 53.6 Å². The number of ether oxygens (including phenoxy) is 2. The quantitative estimate of drug-likeness (QED) is 0.568. The SMILES string of the molecule is COc1ccc(CNC(=O)[C@@H](C)Sc2nnnn2-c2ccccc2C)cc1OC. The zero-order chi connectivity index (χ0) is 20.8. The Labute approximate surface area is 173 Å². The maximum atomic E-state index is 12.6. The van der Waals surface area contributed by atoms with Crippen LogP contribution in [-0.2, 0) is 11.3 Å². The Bertz CT molecular complexity index is 992. The molecule has 0 aliphatic rings. The van der Waals surface area contributed by atoms with Crippen molar-refractivity contribution in [2.45, 2.75) is 30.8 Å². The highest BCUT2D eigenvalue weighted by Gasteiger charge is 2.19. The molecule has 3 rings (SSSR count). The highest BCUT2D eigenvalue weighted by molar-refractivity contribution is 8.00. The van der Waals surface area contributed by atoms with Crippen LogP contribution in [0.1, 0.15) is 18.1 Å². The number of hydrogen-bond acceptors (Lipinski definition) is 7. The third kappa shape index (κ3) is 4.86. The molecular weight excluding hydrogens is 390 g/mol. The smallest absolute Gasteiger partial charge is 0.233 e. The van der Waals surface area contributed by atoms with Gasteiger partial charge in [-0.3, -0.25) is 4.79 Å². The third-order valence-corrected chi connectivity index (χ3v) is 5.38. The Morgan fingerprint density at radius 1 is 1.17 bits per heavy atom. The first-order valence-electron chi connectivity index (χ1n) is 9.03. The molecule has 1 heterocycles. The van der Waals surface area contributed by atoms with Crippen molar-refractivity contribution >= 4 is 17.7 Å². The molecule has 0 fully saturated rings. The minimum Gasteiger partial charge on any atom is -0.493 e. The number of hydrogen-bond donors (Lipinski definition) is 1. The number of aryl methyl sites for hydroxylation is 1. The molecule has 152 valence electrons. The van der Waals surface area contributed by atoms with Crippen molar-refractivity contribution in [1.29, 1.82) is 0 Å². The average Bonchev–Trinajstić information content (AvgIpc) is 3.19. The number of tetrazole rings is 1. The molecule has 0 unspecified atom stereocenters. The summed E-state index contributed by atoms with van der Waals surface area (Å²) in [6.45, 7) is 4.20. The van der Waals surface area contributed by atoms with Gasteiger partial charge >= 0.3 is 0 Å². The predicted octanol–water partition coefficient (Wildman–Crippen LogP) is 2.78. The lowest BCUT2D eigenvalue weighted by Gasteiger charge is -2.13. The normalized spacial score (nSPS) is 11.7. The van der Waals surface area contributed by atoms with E-state index in [1.807, 2.05) is 56.3 Å². The molecule has 2 aromatic carbocycles. The summed E-state index contributed by atoms with van der Waals surface area (Å²) in [6.07, 6.45) is 0. The van der Waals surface area contributed by atoms with Crippen LogP contribution in [0.2, 0.25) is 0 Å². The zero-order valence-corrected chi connectivity index (χ0v) is 17.6. The van der Waals surface area contributed by atoms with Crippen molar-refractivity contribution < 1.29 is 14.3 Å². The number of nitrogens with one attached hydrogen (secondary N) is 1. The van der Waals surface area contributed by atoms with Gasteiger partial charge in [0, 0.05) is 6.54 Å². The van der Waals surface area contributed by atoms with Gasteiger partial charge in [0.1, 0.15) is 0 Å². The van der Waals surface area contributed by atoms with Crippen molar-refractivity contribution in [3.8, 4) is 17.2 Å². The van der Waals surface area contributed by atoms with Gasteiger partial charge in [-0.1, -0.05) is 36.0 Å². The van der Waals surface area contributed by atoms with Crippen LogP contribution < -0.4 is 14.8 Å². The van der Waals surface area contributed by atoms with Gasteiger partial charge < -0.3 is 14.8 Å². The Balaban J connectivity index is 1.64. The zero-order valence-electron chi connectivity index (χ0n) is 16.7. The molecule has 3 aromatic rings. The third-order valence-electron chi connectivity index (χ3n) is 4.35. The number of nitrogens with zero attached hydrogens (tertiary/aromatic N) is 4. The van der Waals surface area contributed by atoms with Gasteiger partial charge in [0.05, 0.1) is 25.2 Å². The van der Waals surface area contributed by atoms with Crippen molar-refractivity contribution in [3.05, 3.63) is 53.6 Å². The first kappa shape index (κ1) is 20.7. The molecule has 9 heteroatoms. The van der Waals surface area contributed by atoms with Crippen LogP contribution in [0.25, 0.3) is 5.69 Å². The van der Waals surface area contributed by atoms with E-state index in [2.05, 4.69) is 20.8 Å².